The first kappa shape index (κ1) is 28.7. The number of nitrogens with one attached hydrogen (secondary N) is 2. The number of nitrogens with two attached hydrogens (primary N) is 1. The van der Waals surface area contributed by atoms with Gasteiger partial charge in [0.2, 0.25) is 0 Å². The Morgan fingerprint density at radius 2 is 1.95 bits per heavy atom. The van der Waals surface area contributed by atoms with Crippen LogP contribution in [0.5, 0.6) is 0 Å². The van der Waals surface area contributed by atoms with E-state index in [1.807, 2.05) is 61.5 Å². The first-order chi connectivity index (χ1) is 20.4. The molecule has 1 amide bonds. The highest BCUT2D eigenvalue weighted by molar-refractivity contribution is 6.03. The molecular weight excluding hydrogens is 530 g/mol. The first-order valence-electron chi connectivity index (χ1n) is 13.9. The molecule has 42 heavy (non-hydrogen) atoms. The molecule has 2 aromatic carbocycles. The second kappa shape index (κ2) is 12.8. The minimum Gasteiger partial charge on any atom is -0.381 e. The third-order valence-electron chi connectivity index (χ3n) is 7.23. The van der Waals surface area contributed by atoms with Crippen LogP contribution in [0.3, 0.4) is 0 Å². The van der Waals surface area contributed by atoms with Gasteiger partial charge in [0.15, 0.2) is 5.82 Å². The minimum atomic E-state index is -0.558. The van der Waals surface area contributed by atoms with E-state index in [9.17, 15) is 9.59 Å². The van der Waals surface area contributed by atoms with Crippen molar-refractivity contribution in [3.8, 4) is 17.5 Å². The topological polar surface area (TPSA) is 119 Å². The fourth-order valence-corrected chi connectivity index (χ4v) is 5.14. The monoisotopic (exact) mass is 565 g/mol. The molecule has 4 N–H and O–H groups in total. The highest BCUT2D eigenvalue weighted by atomic mass is 16.5. The van der Waals surface area contributed by atoms with Gasteiger partial charge >= 0.3 is 0 Å². The van der Waals surface area contributed by atoms with E-state index in [4.69, 9.17) is 10.5 Å². The summed E-state index contributed by atoms with van der Waals surface area (Å²) in [6.07, 6.45) is 1.68. The number of pyridine rings is 1. The number of ether oxygens (including phenoxy) is 1. The van der Waals surface area contributed by atoms with Crippen LogP contribution in [0.4, 0.5) is 11.6 Å². The Labute approximate surface area is 244 Å². The second-order valence-corrected chi connectivity index (χ2v) is 10.1. The van der Waals surface area contributed by atoms with E-state index in [1.165, 1.54) is 4.68 Å². The minimum absolute atomic E-state index is 0.105. The van der Waals surface area contributed by atoms with E-state index in [0.29, 0.717) is 54.5 Å². The van der Waals surface area contributed by atoms with Crippen molar-refractivity contribution in [3.05, 3.63) is 94.4 Å². The number of morpholine rings is 1. The van der Waals surface area contributed by atoms with Crippen molar-refractivity contribution in [2.75, 3.05) is 50.4 Å². The van der Waals surface area contributed by atoms with E-state index in [-0.39, 0.29) is 16.9 Å². The number of benzene rings is 2. The number of hydrogen-bond donors (Lipinski definition) is 3. The number of fused-ring (bicyclic) bond motifs is 1. The molecular formula is C32H35N7O3. The summed E-state index contributed by atoms with van der Waals surface area (Å²) in [7, 11) is 1.71. The van der Waals surface area contributed by atoms with E-state index in [2.05, 4.69) is 39.1 Å². The third kappa shape index (κ3) is 5.93. The maximum atomic E-state index is 14.2. The highest BCUT2D eigenvalue weighted by Crippen LogP contribution is 2.26. The second-order valence-electron chi connectivity index (χ2n) is 10.1. The molecule has 216 valence electrons. The summed E-state index contributed by atoms with van der Waals surface area (Å²) in [6, 6.07) is 16.4. The summed E-state index contributed by atoms with van der Waals surface area (Å²) in [5, 5.41) is 11.6. The SMILES string of the molecule is C=CCNc1c(C(=O)NC(C)c2cc3cccc(C#CCN4CCOCC4)c3c(=O)n2-c2ccccc2)c(N)nn1C. The van der Waals surface area contributed by atoms with Crippen molar-refractivity contribution in [2.45, 2.75) is 13.0 Å². The van der Waals surface area contributed by atoms with Crippen LogP contribution in [0.15, 0.2) is 72.0 Å². The van der Waals surface area contributed by atoms with Crippen LogP contribution in [0, 0.1) is 11.8 Å². The Bertz CT molecular complexity index is 1720. The molecule has 2 aromatic heterocycles. The van der Waals surface area contributed by atoms with Crippen molar-refractivity contribution in [3.63, 3.8) is 0 Å². The van der Waals surface area contributed by atoms with E-state index >= 15 is 0 Å². The smallest absolute Gasteiger partial charge is 0.264 e. The summed E-state index contributed by atoms with van der Waals surface area (Å²) in [6.45, 7) is 9.69. The molecule has 1 aliphatic rings. The summed E-state index contributed by atoms with van der Waals surface area (Å²) in [5.41, 5.74) is 8.11. The molecule has 10 heteroatoms. The lowest BCUT2D eigenvalue weighted by molar-refractivity contribution is 0.0443. The van der Waals surface area contributed by atoms with Crippen molar-refractivity contribution >= 4 is 28.3 Å². The van der Waals surface area contributed by atoms with Crippen molar-refractivity contribution in [2.24, 2.45) is 7.05 Å². The molecule has 1 unspecified atom stereocenters. The number of nitrogens with zero attached hydrogens (tertiary/aromatic N) is 4. The molecule has 0 bridgehead atoms. The zero-order valence-corrected chi connectivity index (χ0v) is 23.9. The summed E-state index contributed by atoms with van der Waals surface area (Å²) < 4.78 is 8.59. The molecule has 5 rings (SSSR count). The number of carbonyl (C=O) groups is 1. The average Bonchev–Trinajstić information content (AvgIpc) is 3.28. The quantitative estimate of drug-likeness (QED) is 0.222. The average molecular weight is 566 g/mol. The Morgan fingerprint density at radius 3 is 2.69 bits per heavy atom. The number of amides is 1. The predicted octanol–water partition coefficient (Wildman–Crippen LogP) is 3.08. The molecule has 0 aliphatic carbocycles. The normalized spacial score (nSPS) is 14.1. The third-order valence-corrected chi connectivity index (χ3v) is 7.23. The van der Waals surface area contributed by atoms with Gasteiger partial charge in [-0.3, -0.25) is 23.7 Å². The lowest BCUT2D eigenvalue weighted by Gasteiger charge is -2.24. The van der Waals surface area contributed by atoms with Crippen LogP contribution >= 0.6 is 0 Å². The number of nitrogen functional groups attached to an aromatic ring is 1. The number of para-hydroxylation sites is 1. The zero-order chi connectivity index (χ0) is 29.6. The zero-order valence-electron chi connectivity index (χ0n) is 23.9. The Morgan fingerprint density at radius 1 is 1.19 bits per heavy atom. The van der Waals surface area contributed by atoms with Gasteiger partial charge in [0.25, 0.3) is 11.5 Å². The summed E-state index contributed by atoms with van der Waals surface area (Å²) in [5.74, 6) is 6.66. The van der Waals surface area contributed by atoms with Gasteiger partial charge in [-0.2, -0.15) is 5.10 Å². The summed E-state index contributed by atoms with van der Waals surface area (Å²) >= 11 is 0. The van der Waals surface area contributed by atoms with Crippen LogP contribution < -0.4 is 21.9 Å². The lowest BCUT2D eigenvalue weighted by atomic mass is 10.0. The van der Waals surface area contributed by atoms with Crippen LogP contribution in [0.2, 0.25) is 0 Å². The molecule has 3 heterocycles. The van der Waals surface area contributed by atoms with Gasteiger partial charge in [-0.05, 0) is 36.6 Å². The van der Waals surface area contributed by atoms with Crippen LogP contribution in [-0.4, -0.2) is 64.5 Å². The molecule has 10 nitrogen and oxygen atoms in total. The summed E-state index contributed by atoms with van der Waals surface area (Å²) in [4.78, 5) is 30.0. The molecule has 1 atom stereocenters. The molecule has 0 radical (unpaired) electrons. The van der Waals surface area contributed by atoms with Gasteiger partial charge in [0, 0.05) is 43.6 Å². The van der Waals surface area contributed by atoms with Gasteiger partial charge in [0.05, 0.1) is 31.2 Å². The number of aromatic nitrogens is 3. The van der Waals surface area contributed by atoms with Crippen molar-refractivity contribution in [1.82, 2.24) is 24.6 Å². The Kier molecular flexibility index (Phi) is 8.71. The van der Waals surface area contributed by atoms with Gasteiger partial charge in [-0.25, -0.2) is 0 Å². The standard InChI is InChI=1S/C32H35N7O3/c1-4-15-34-30-28(29(33)36-37(30)3)31(40)35-22(2)26-21-24-11-8-10-23(12-9-16-38-17-19-42-20-18-38)27(24)32(41)39(26)25-13-6-5-7-14-25/h4-8,10-11,13-14,21-22,34H,1,15-20H2,2-3H3,(H2,33,36)(H,35,40). The molecule has 0 spiro atoms. The van der Waals surface area contributed by atoms with Crippen LogP contribution in [-0.2, 0) is 11.8 Å². The number of hydrogen-bond acceptors (Lipinski definition) is 7. The number of rotatable bonds is 8. The van der Waals surface area contributed by atoms with Gasteiger partial charge < -0.3 is 21.1 Å². The number of anilines is 2. The highest BCUT2D eigenvalue weighted by Gasteiger charge is 2.25. The van der Waals surface area contributed by atoms with Gasteiger partial charge in [-0.15, -0.1) is 6.58 Å². The van der Waals surface area contributed by atoms with Gasteiger partial charge in [-0.1, -0.05) is 48.2 Å². The maximum absolute atomic E-state index is 14.2. The van der Waals surface area contributed by atoms with Crippen molar-refractivity contribution in [1.29, 1.82) is 0 Å². The Balaban J connectivity index is 1.55. The molecule has 1 fully saturated rings. The Hall–Kier alpha value is -4.85. The number of carbonyl (C=O) groups excluding carboxylic acids is 1. The molecule has 0 saturated carbocycles. The molecule has 1 saturated heterocycles. The first-order valence-corrected chi connectivity index (χ1v) is 13.9. The largest absolute Gasteiger partial charge is 0.381 e. The maximum Gasteiger partial charge on any atom is 0.264 e. The van der Waals surface area contributed by atoms with E-state index in [1.54, 1.807) is 17.7 Å². The van der Waals surface area contributed by atoms with E-state index < -0.39 is 11.9 Å². The van der Waals surface area contributed by atoms with Crippen LogP contribution in [0.25, 0.3) is 16.5 Å². The van der Waals surface area contributed by atoms with Crippen molar-refractivity contribution < 1.29 is 9.53 Å². The van der Waals surface area contributed by atoms with E-state index in [0.717, 1.165) is 18.5 Å². The van der Waals surface area contributed by atoms with Crippen LogP contribution in [0.1, 0.15) is 34.6 Å². The fourth-order valence-electron chi connectivity index (χ4n) is 5.14. The number of aryl methyl sites for hydroxylation is 1. The fraction of sp³-hybridized carbons (Fsp3) is 0.281. The predicted molar refractivity (Wildman–Crippen MR) is 166 cm³/mol. The lowest BCUT2D eigenvalue weighted by Crippen LogP contribution is -2.36. The molecule has 4 aromatic rings. The van der Waals surface area contributed by atoms with Gasteiger partial charge in [0.1, 0.15) is 11.4 Å². The molecule has 1 aliphatic heterocycles.